The average Bonchev–Trinajstić information content (AvgIpc) is 2.52. The van der Waals surface area contributed by atoms with Crippen molar-refractivity contribution in [2.75, 3.05) is 13.2 Å². The van der Waals surface area contributed by atoms with Gasteiger partial charge in [-0.3, -0.25) is 0 Å². The van der Waals surface area contributed by atoms with Crippen molar-refractivity contribution in [1.29, 1.82) is 5.26 Å². The minimum atomic E-state index is 0.620. The van der Waals surface area contributed by atoms with Gasteiger partial charge in [-0.1, -0.05) is 24.3 Å². The van der Waals surface area contributed by atoms with Gasteiger partial charge in [-0.15, -0.1) is 0 Å². The van der Waals surface area contributed by atoms with Gasteiger partial charge in [0.1, 0.15) is 11.5 Å². The van der Waals surface area contributed by atoms with E-state index < -0.39 is 0 Å². The second-order valence-corrected chi connectivity index (χ2v) is 4.36. The lowest BCUT2D eigenvalue weighted by Gasteiger charge is -2.07. The number of ether oxygens (including phenoxy) is 2. The van der Waals surface area contributed by atoms with Crippen LogP contribution in [0.15, 0.2) is 54.6 Å². The smallest absolute Gasteiger partial charge is 0.120 e. The summed E-state index contributed by atoms with van der Waals surface area (Å²) in [5, 5.41) is 8.79. The topological polar surface area (TPSA) is 42.2 Å². The Morgan fingerprint density at radius 2 is 1.45 bits per heavy atom. The molecule has 3 nitrogen and oxygen atoms in total. The van der Waals surface area contributed by atoms with Gasteiger partial charge in [0.15, 0.2) is 0 Å². The van der Waals surface area contributed by atoms with Gasteiger partial charge in [0.2, 0.25) is 0 Å². The molecule has 0 N–H and O–H groups in total. The van der Waals surface area contributed by atoms with Crippen molar-refractivity contribution in [3.8, 4) is 17.6 Å². The molecule has 2 aromatic carbocycles. The molecular formula is C17H17NO2. The van der Waals surface area contributed by atoms with Gasteiger partial charge in [0, 0.05) is 0 Å². The molecule has 0 aliphatic carbocycles. The molecule has 0 atom stereocenters. The Balaban J connectivity index is 1.61. The third kappa shape index (κ3) is 4.66. The van der Waals surface area contributed by atoms with Gasteiger partial charge in [0.25, 0.3) is 0 Å². The van der Waals surface area contributed by atoms with Crippen molar-refractivity contribution in [1.82, 2.24) is 0 Å². The van der Waals surface area contributed by atoms with Gasteiger partial charge in [0.05, 0.1) is 24.8 Å². The van der Waals surface area contributed by atoms with Gasteiger partial charge < -0.3 is 9.47 Å². The lowest BCUT2D eigenvalue weighted by Crippen LogP contribution is -2.02. The molecule has 0 aromatic heterocycles. The molecule has 0 saturated carbocycles. The second-order valence-electron chi connectivity index (χ2n) is 4.36. The van der Waals surface area contributed by atoms with E-state index in [1.807, 2.05) is 42.5 Å². The molecule has 20 heavy (non-hydrogen) atoms. The number of nitrogens with zero attached hydrogens (tertiary/aromatic N) is 1. The van der Waals surface area contributed by atoms with E-state index in [-0.39, 0.29) is 0 Å². The lowest BCUT2D eigenvalue weighted by molar-refractivity contribution is 0.266. The van der Waals surface area contributed by atoms with Crippen molar-refractivity contribution in [3.05, 3.63) is 60.2 Å². The van der Waals surface area contributed by atoms with Crippen LogP contribution in [0.25, 0.3) is 0 Å². The molecule has 0 bridgehead atoms. The summed E-state index contributed by atoms with van der Waals surface area (Å²) >= 11 is 0. The van der Waals surface area contributed by atoms with Crippen molar-refractivity contribution < 1.29 is 9.47 Å². The van der Waals surface area contributed by atoms with Crippen molar-refractivity contribution in [2.45, 2.75) is 12.8 Å². The van der Waals surface area contributed by atoms with Crippen LogP contribution < -0.4 is 9.47 Å². The minimum Gasteiger partial charge on any atom is -0.494 e. The van der Waals surface area contributed by atoms with Crippen molar-refractivity contribution in [2.24, 2.45) is 0 Å². The molecule has 3 heteroatoms. The first-order valence-electron chi connectivity index (χ1n) is 6.69. The van der Waals surface area contributed by atoms with Crippen LogP contribution in [-0.2, 0) is 0 Å². The zero-order chi connectivity index (χ0) is 14.0. The number of hydrogen-bond acceptors (Lipinski definition) is 3. The van der Waals surface area contributed by atoms with Crippen LogP contribution in [0.5, 0.6) is 11.5 Å². The summed E-state index contributed by atoms with van der Waals surface area (Å²) in [7, 11) is 0. The molecule has 2 rings (SSSR count). The highest BCUT2D eigenvalue weighted by molar-refractivity contribution is 5.36. The Morgan fingerprint density at radius 3 is 2.15 bits per heavy atom. The van der Waals surface area contributed by atoms with E-state index >= 15 is 0 Å². The summed E-state index contributed by atoms with van der Waals surface area (Å²) in [6, 6.07) is 19.1. The Hall–Kier alpha value is -2.47. The molecule has 0 aliphatic heterocycles. The largest absolute Gasteiger partial charge is 0.494 e. The summed E-state index contributed by atoms with van der Waals surface area (Å²) in [6.45, 7) is 1.32. The zero-order valence-electron chi connectivity index (χ0n) is 11.3. The first kappa shape index (κ1) is 14.0. The van der Waals surface area contributed by atoms with E-state index in [0.29, 0.717) is 18.8 Å². The monoisotopic (exact) mass is 267 g/mol. The molecule has 0 saturated heterocycles. The number of unbranched alkanes of at least 4 members (excludes halogenated alkanes) is 1. The molecule has 0 spiro atoms. The van der Waals surface area contributed by atoms with E-state index in [4.69, 9.17) is 14.7 Å². The highest BCUT2D eigenvalue weighted by Gasteiger charge is 1.97. The Morgan fingerprint density at radius 1 is 0.800 bits per heavy atom. The molecule has 0 heterocycles. The number of rotatable bonds is 7. The molecule has 0 radical (unpaired) electrons. The van der Waals surface area contributed by atoms with Crippen LogP contribution >= 0.6 is 0 Å². The number of nitriles is 1. The first-order valence-corrected chi connectivity index (χ1v) is 6.69. The quantitative estimate of drug-likeness (QED) is 0.717. The summed E-state index contributed by atoms with van der Waals surface area (Å²) in [5.41, 5.74) is 0.620. The summed E-state index contributed by atoms with van der Waals surface area (Å²) < 4.78 is 11.2. The van der Waals surface area contributed by atoms with Crippen molar-refractivity contribution >= 4 is 0 Å². The van der Waals surface area contributed by atoms with Gasteiger partial charge in [-0.25, -0.2) is 0 Å². The van der Waals surface area contributed by atoms with Crippen LogP contribution in [0.1, 0.15) is 18.4 Å². The fourth-order valence-electron chi connectivity index (χ4n) is 1.76. The van der Waals surface area contributed by atoms with E-state index in [1.165, 1.54) is 0 Å². The predicted molar refractivity (Wildman–Crippen MR) is 77.8 cm³/mol. The Labute approximate surface area is 119 Å². The summed E-state index contributed by atoms with van der Waals surface area (Å²) in [5.74, 6) is 1.64. The number of hydrogen-bond donors (Lipinski definition) is 0. The maximum absolute atomic E-state index is 8.79. The highest BCUT2D eigenvalue weighted by Crippen LogP contribution is 2.13. The lowest BCUT2D eigenvalue weighted by atomic mass is 10.2. The van der Waals surface area contributed by atoms with Crippen LogP contribution in [0.4, 0.5) is 0 Å². The van der Waals surface area contributed by atoms with Gasteiger partial charge in [-0.05, 0) is 43.2 Å². The maximum Gasteiger partial charge on any atom is 0.120 e. The molecule has 102 valence electrons. The van der Waals surface area contributed by atoms with Crippen LogP contribution in [-0.4, -0.2) is 13.2 Å². The number of benzene rings is 2. The normalized spacial score (nSPS) is 9.75. The fraction of sp³-hybridized carbons (Fsp3) is 0.235. The Bertz CT molecular complexity index is 561. The summed E-state index contributed by atoms with van der Waals surface area (Å²) in [4.78, 5) is 0. The van der Waals surface area contributed by atoms with Crippen LogP contribution in [0.3, 0.4) is 0 Å². The second kappa shape index (κ2) is 7.85. The van der Waals surface area contributed by atoms with Gasteiger partial charge in [-0.2, -0.15) is 5.26 Å². The van der Waals surface area contributed by atoms with E-state index in [9.17, 15) is 0 Å². The van der Waals surface area contributed by atoms with Crippen LogP contribution in [0, 0.1) is 11.3 Å². The third-order valence-corrected chi connectivity index (χ3v) is 2.78. The zero-order valence-corrected chi connectivity index (χ0v) is 11.3. The Kier molecular flexibility index (Phi) is 5.48. The van der Waals surface area contributed by atoms with E-state index in [1.54, 1.807) is 12.1 Å². The standard InChI is InChI=1S/C17H17NO2/c18-14-15-7-6-10-17(13-15)20-12-5-4-11-19-16-8-2-1-3-9-16/h1-3,6-10,13H,4-5,11-12H2. The predicted octanol–water partition coefficient (Wildman–Crippen LogP) is 3.80. The molecule has 2 aromatic rings. The molecule has 0 unspecified atom stereocenters. The van der Waals surface area contributed by atoms with Gasteiger partial charge >= 0.3 is 0 Å². The molecule has 0 fully saturated rings. The van der Waals surface area contributed by atoms with E-state index in [0.717, 1.165) is 24.3 Å². The first-order chi connectivity index (χ1) is 9.88. The molecular weight excluding hydrogens is 250 g/mol. The highest BCUT2D eigenvalue weighted by atomic mass is 16.5. The fourth-order valence-corrected chi connectivity index (χ4v) is 1.76. The van der Waals surface area contributed by atoms with Crippen LogP contribution in [0.2, 0.25) is 0 Å². The minimum absolute atomic E-state index is 0.620. The third-order valence-electron chi connectivity index (χ3n) is 2.78. The number of para-hydroxylation sites is 1. The summed E-state index contributed by atoms with van der Waals surface area (Å²) in [6.07, 6.45) is 1.86. The molecule has 0 amide bonds. The SMILES string of the molecule is N#Cc1cccc(OCCCCOc2ccccc2)c1. The van der Waals surface area contributed by atoms with E-state index in [2.05, 4.69) is 6.07 Å². The average molecular weight is 267 g/mol. The van der Waals surface area contributed by atoms with Crippen molar-refractivity contribution in [3.63, 3.8) is 0 Å². The maximum atomic E-state index is 8.79. The molecule has 0 aliphatic rings.